The summed E-state index contributed by atoms with van der Waals surface area (Å²) in [5, 5.41) is 4.31. The summed E-state index contributed by atoms with van der Waals surface area (Å²) in [4.78, 5) is 0. The van der Waals surface area contributed by atoms with Gasteiger partial charge in [0, 0.05) is 15.5 Å². The van der Waals surface area contributed by atoms with E-state index in [9.17, 15) is 0 Å². The predicted molar refractivity (Wildman–Crippen MR) is 92.3 cm³/mol. The van der Waals surface area contributed by atoms with Crippen molar-refractivity contribution in [2.75, 3.05) is 13.7 Å². The molecule has 1 N–H and O–H groups in total. The van der Waals surface area contributed by atoms with Crippen LogP contribution < -0.4 is 10.1 Å². The van der Waals surface area contributed by atoms with Gasteiger partial charge in [0.25, 0.3) is 0 Å². The molecule has 21 heavy (non-hydrogen) atoms. The Bertz CT molecular complexity index is 603. The van der Waals surface area contributed by atoms with Gasteiger partial charge in [-0.2, -0.15) is 0 Å². The largest absolute Gasteiger partial charge is 0.497 e. The second kappa shape index (κ2) is 7.83. The van der Waals surface area contributed by atoms with Gasteiger partial charge >= 0.3 is 0 Å². The first-order valence-electron chi connectivity index (χ1n) is 6.95. The maximum Gasteiger partial charge on any atom is 0.120 e. The van der Waals surface area contributed by atoms with Crippen LogP contribution in [0.15, 0.2) is 46.9 Å². The van der Waals surface area contributed by atoms with Crippen molar-refractivity contribution in [3.8, 4) is 5.75 Å². The number of benzene rings is 2. The molecule has 1 unspecified atom stereocenters. The Hall–Kier alpha value is -1.03. The lowest BCUT2D eigenvalue weighted by Gasteiger charge is -2.20. The number of ether oxygens (including phenoxy) is 1. The summed E-state index contributed by atoms with van der Waals surface area (Å²) in [6, 6.07) is 14.3. The highest BCUT2D eigenvalue weighted by molar-refractivity contribution is 9.10. The molecule has 2 aromatic carbocycles. The van der Waals surface area contributed by atoms with E-state index in [1.807, 2.05) is 30.3 Å². The number of hydrogen-bond acceptors (Lipinski definition) is 2. The molecule has 0 fully saturated rings. The normalized spacial score (nSPS) is 12.2. The molecule has 0 radical (unpaired) electrons. The van der Waals surface area contributed by atoms with Crippen molar-refractivity contribution >= 4 is 27.5 Å². The van der Waals surface area contributed by atoms with Gasteiger partial charge in [0.2, 0.25) is 0 Å². The van der Waals surface area contributed by atoms with E-state index in [4.69, 9.17) is 16.3 Å². The first-order valence-corrected chi connectivity index (χ1v) is 8.12. The Morgan fingerprint density at radius 1 is 1.24 bits per heavy atom. The Kier molecular flexibility index (Phi) is 6.09. The van der Waals surface area contributed by atoms with Crippen LogP contribution in [-0.4, -0.2) is 13.7 Å². The van der Waals surface area contributed by atoms with Crippen LogP contribution in [0.3, 0.4) is 0 Å². The van der Waals surface area contributed by atoms with Crippen molar-refractivity contribution in [2.24, 2.45) is 0 Å². The summed E-state index contributed by atoms with van der Waals surface area (Å²) in [6.07, 6.45) is 0.888. The van der Waals surface area contributed by atoms with Crippen LogP contribution in [0.1, 0.15) is 24.1 Å². The van der Waals surface area contributed by atoms with Gasteiger partial charge in [0.15, 0.2) is 0 Å². The van der Waals surface area contributed by atoms with E-state index in [0.29, 0.717) is 0 Å². The molecule has 4 heteroatoms. The molecule has 0 saturated carbocycles. The quantitative estimate of drug-likeness (QED) is 0.774. The molecule has 0 aliphatic heterocycles. The van der Waals surface area contributed by atoms with Crippen LogP contribution in [0.25, 0.3) is 0 Å². The number of rotatable bonds is 6. The Balaban J connectivity index is 2.26. The van der Waals surface area contributed by atoms with Crippen molar-refractivity contribution in [3.63, 3.8) is 0 Å². The summed E-state index contributed by atoms with van der Waals surface area (Å²) in [6.45, 7) is 3.02. The van der Waals surface area contributed by atoms with Gasteiger partial charge in [-0.05, 0) is 48.4 Å². The molecule has 112 valence electrons. The van der Waals surface area contributed by atoms with Gasteiger partial charge in [-0.1, -0.05) is 52.7 Å². The summed E-state index contributed by atoms with van der Waals surface area (Å²) < 4.78 is 6.31. The fourth-order valence-electron chi connectivity index (χ4n) is 2.36. The van der Waals surface area contributed by atoms with Crippen LogP contribution in [-0.2, 0) is 6.42 Å². The summed E-state index contributed by atoms with van der Waals surface area (Å²) >= 11 is 9.72. The smallest absolute Gasteiger partial charge is 0.120 e. The van der Waals surface area contributed by atoms with E-state index in [1.54, 1.807) is 7.11 Å². The van der Waals surface area contributed by atoms with Crippen molar-refractivity contribution in [2.45, 2.75) is 19.4 Å². The first kappa shape index (κ1) is 16.3. The van der Waals surface area contributed by atoms with E-state index in [2.05, 4.69) is 40.3 Å². The lowest BCUT2D eigenvalue weighted by molar-refractivity contribution is 0.414. The number of nitrogens with one attached hydrogen (secondary N) is 1. The van der Waals surface area contributed by atoms with E-state index in [1.165, 1.54) is 11.1 Å². The van der Waals surface area contributed by atoms with E-state index >= 15 is 0 Å². The Morgan fingerprint density at radius 3 is 2.67 bits per heavy atom. The van der Waals surface area contributed by atoms with Gasteiger partial charge in [-0.15, -0.1) is 0 Å². The molecule has 0 bridgehead atoms. The number of likely N-dealkylation sites (N-methyl/N-ethyl adjacent to an activating group) is 1. The maximum atomic E-state index is 6.08. The second-order valence-electron chi connectivity index (χ2n) is 4.83. The molecule has 2 aromatic rings. The number of methoxy groups -OCH3 is 1. The fraction of sp³-hybridized carbons (Fsp3) is 0.294. The lowest BCUT2D eigenvalue weighted by Crippen LogP contribution is -2.23. The van der Waals surface area contributed by atoms with E-state index in [-0.39, 0.29) is 6.04 Å². The minimum atomic E-state index is 0.230. The zero-order chi connectivity index (χ0) is 15.2. The van der Waals surface area contributed by atoms with E-state index in [0.717, 1.165) is 28.2 Å². The predicted octanol–water partition coefficient (Wildman–Crippen LogP) is 5.00. The zero-order valence-electron chi connectivity index (χ0n) is 12.2. The molecular weight excluding hydrogens is 350 g/mol. The SMILES string of the molecule is CCNC(Cc1cccc(Cl)c1)c1ccc(OC)cc1Br. The highest BCUT2D eigenvalue weighted by Crippen LogP contribution is 2.30. The number of halogens is 2. The molecular formula is C17H19BrClNO. The van der Waals surface area contributed by atoms with Crippen LogP contribution in [0.2, 0.25) is 5.02 Å². The third-order valence-corrected chi connectivity index (χ3v) is 4.28. The summed E-state index contributed by atoms with van der Waals surface area (Å²) in [7, 11) is 1.68. The molecule has 0 saturated heterocycles. The minimum Gasteiger partial charge on any atom is -0.497 e. The topological polar surface area (TPSA) is 21.3 Å². The highest BCUT2D eigenvalue weighted by atomic mass is 79.9. The standard InChI is InChI=1S/C17H19BrClNO/c1-3-20-17(10-12-5-4-6-13(19)9-12)15-8-7-14(21-2)11-16(15)18/h4-9,11,17,20H,3,10H2,1-2H3. The van der Waals surface area contributed by atoms with Crippen LogP contribution in [0, 0.1) is 0 Å². The van der Waals surface area contributed by atoms with Crippen molar-refractivity contribution < 1.29 is 4.74 Å². The van der Waals surface area contributed by atoms with Gasteiger partial charge in [-0.3, -0.25) is 0 Å². The average Bonchev–Trinajstić information content (AvgIpc) is 2.47. The third-order valence-electron chi connectivity index (χ3n) is 3.36. The zero-order valence-corrected chi connectivity index (χ0v) is 14.5. The molecule has 0 spiro atoms. The van der Waals surface area contributed by atoms with Gasteiger partial charge in [0.1, 0.15) is 5.75 Å². The molecule has 0 heterocycles. The highest BCUT2D eigenvalue weighted by Gasteiger charge is 2.15. The monoisotopic (exact) mass is 367 g/mol. The molecule has 2 rings (SSSR count). The van der Waals surface area contributed by atoms with Crippen molar-refractivity contribution in [3.05, 3.63) is 63.1 Å². The van der Waals surface area contributed by atoms with E-state index < -0.39 is 0 Å². The molecule has 1 atom stereocenters. The molecule has 0 aromatic heterocycles. The van der Waals surface area contributed by atoms with Crippen molar-refractivity contribution in [1.29, 1.82) is 0 Å². The summed E-state index contributed by atoms with van der Waals surface area (Å²) in [5.41, 5.74) is 2.44. The third kappa shape index (κ3) is 4.47. The van der Waals surface area contributed by atoms with Crippen molar-refractivity contribution in [1.82, 2.24) is 5.32 Å². The van der Waals surface area contributed by atoms with Crippen LogP contribution in [0.4, 0.5) is 0 Å². The molecule has 0 amide bonds. The lowest BCUT2D eigenvalue weighted by atomic mass is 9.98. The molecule has 0 aliphatic carbocycles. The Labute approximate surface area is 139 Å². The maximum absolute atomic E-state index is 6.08. The molecule has 2 nitrogen and oxygen atoms in total. The van der Waals surface area contributed by atoms with Gasteiger partial charge in [-0.25, -0.2) is 0 Å². The van der Waals surface area contributed by atoms with Gasteiger partial charge in [0.05, 0.1) is 7.11 Å². The fourth-order valence-corrected chi connectivity index (χ4v) is 3.20. The second-order valence-corrected chi connectivity index (χ2v) is 6.12. The molecule has 0 aliphatic rings. The average molecular weight is 369 g/mol. The summed E-state index contributed by atoms with van der Waals surface area (Å²) in [5.74, 6) is 0.851. The minimum absolute atomic E-state index is 0.230. The Morgan fingerprint density at radius 2 is 2.05 bits per heavy atom. The van der Waals surface area contributed by atoms with Crippen LogP contribution in [0.5, 0.6) is 5.75 Å². The van der Waals surface area contributed by atoms with Crippen LogP contribution >= 0.6 is 27.5 Å². The number of hydrogen-bond donors (Lipinski definition) is 1. The van der Waals surface area contributed by atoms with Gasteiger partial charge < -0.3 is 10.1 Å². The first-order chi connectivity index (χ1) is 10.1.